The van der Waals surface area contributed by atoms with Crippen LogP contribution in [0.4, 0.5) is 11.6 Å². The maximum absolute atomic E-state index is 13.0. The van der Waals surface area contributed by atoms with E-state index in [1.165, 1.54) is 30.0 Å². The normalized spacial score (nSPS) is 19.1. The van der Waals surface area contributed by atoms with Crippen LogP contribution in [0.25, 0.3) is 0 Å². The highest BCUT2D eigenvalue weighted by atomic mass is 32.2. The largest absolute Gasteiger partial charge is 0.355 e. The lowest BCUT2D eigenvalue weighted by atomic mass is 10.2. The molecule has 4 rings (SSSR count). The van der Waals surface area contributed by atoms with Gasteiger partial charge in [-0.05, 0) is 38.8 Å². The Balaban J connectivity index is 1.39. The molecule has 0 radical (unpaired) electrons. The van der Waals surface area contributed by atoms with Crippen molar-refractivity contribution >= 4 is 21.7 Å². The highest BCUT2D eigenvalue weighted by Crippen LogP contribution is 2.22. The standard InChI is InChI=1S/C20H31N7O2S/c1-3-24-16-20(21-17(24)2)30(28,29)27-14-12-26(13-15-27)19-9-8-18(22-23-19)25-10-6-4-5-7-11-25/h8-9,16H,3-7,10-15H2,1-2H3. The lowest BCUT2D eigenvalue weighted by Crippen LogP contribution is -2.49. The molecule has 2 fully saturated rings. The van der Waals surface area contributed by atoms with Gasteiger partial charge in [0.1, 0.15) is 5.82 Å². The maximum atomic E-state index is 13.0. The number of rotatable bonds is 5. The first kappa shape index (κ1) is 21.0. The Hall–Kier alpha value is -2.20. The van der Waals surface area contributed by atoms with Crippen LogP contribution in [0.5, 0.6) is 0 Å². The van der Waals surface area contributed by atoms with E-state index in [1.807, 2.05) is 30.5 Å². The van der Waals surface area contributed by atoms with Gasteiger partial charge in [-0.3, -0.25) is 0 Å². The number of imidazole rings is 1. The van der Waals surface area contributed by atoms with Crippen LogP contribution in [0.3, 0.4) is 0 Å². The summed E-state index contributed by atoms with van der Waals surface area (Å²) in [5.74, 6) is 2.45. The van der Waals surface area contributed by atoms with Crippen LogP contribution in [0.1, 0.15) is 38.4 Å². The minimum absolute atomic E-state index is 0.136. The quantitative estimate of drug-likeness (QED) is 0.712. The molecular formula is C20H31N7O2S. The van der Waals surface area contributed by atoms with Crippen molar-refractivity contribution in [2.75, 3.05) is 49.1 Å². The summed E-state index contributed by atoms with van der Waals surface area (Å²) in [7, 11) is -3.57. The summed E-state index contributed by atoms with van der Waals surface area (Å²) in [6, 6.07) is 4.04. The molecule has 0 unspecified atom stereocenters. The molecule has 9 nitrogen and oxygen atoms in total. The fourth-order valence-electron chi connectivity index (χ4n) is 4.17. The summed E-state index contributed by atoms with van der Waals surface area (Å²) in [6.45, 7) is 8.59. The van der Waals surface area contributed by atoms with Gasteiger partial charge in [-0.1, -0.05) is 12.8 Å². The van der Waals surface area contributed by atoms with Crippen LogP contribution in [-0.4, -0.2) is 71.7 Å². The van der Waals surface area contributed by atoms with Crippen LogP contribution in [-0.2, 0) is 16.6 Å². The Labute approximate surface area is 178 Å². The molecule has 4 heterocycles. The van der Waals surface area contributed by atoms with E-state index in [4.69, 9.17) is 0 Å². The highest BCUT2D eigenvalue weighted by Gasteiger charge is 2.31. The Bertz CT molecular complexity index is 942. The first-order valence-electron chi connectivity index (χ1n) is 10.9. The number of anilines is 2. The zero-order valence-corrected chi connectivity index (χ0v) is 18.7. The Morgan fingerprint density at radius 1 is 0.867 bits per heavy atom. The van der Waals surface area contributed by atoms with Crippen LogP contribution in [0.15, 0.2) is 23.4 Å². The average Bonchev–Trinajstić information content (AvgIpc) is 2.97. The maximum Gasteiger partial charge on any atom is 0.262 e. The number of hydrogen-bond acceptors (Lipinski definition) is 7. The average molecular weight is 434 g/mol. The second-order valence-corrected chi connectivity index (χ2v) is 9.84. The molecule has 2 aliphatic heterocycles. The van der Waals surface area contributed by atoms with Crippen LogP contribution in [0.2, 0.25) is 0 Å². The third kappa shape index (κ3) is 4.29. The van der Waals surface area contributed by atoms with Crippen LogP contribution in [0, 0.1) is 6.92 Å². The van der Waals surface area contributed by atoms with Crippen molar-refractivity contribution in [1.82, 2.24) is 24.1 Å². The van der Waals surface area contributed by atoms with Crippen molar-refractivity contribution in [2.45, 2.75) is 51.1 Å². The van der Waals surface area contributed by atoms with Gasteiger partial charge in [-0.25, -0.2) is 13.4 Å². The fraction of sp³-hybridized carbons (Fsp3) is 0.650. The van der Waals surface area contributed by atoms with E-state index in [-0.39, 0.29) is 5.03 Å². The van der Waals surface area contributed by atoms with E-state index in [0.717, 1.165) is 30.5 Å². The van der Waals surface area contributed by atoms with Gasteiger partial charge in [0.05, 0.1) is 0 Å². The van der Waals surface area contributed by atoms with Crippen molar-refractivity contribution in [2.24, 2.45) is 0 Å². The van der Waals surface area contributed by atoms with E-state index < -0.39 is 10.0 Å². The minimum Gasteiger partial charge on any atom is -0.355 e. The topological polar surface area (TPSA) is 87.5 Å². The molecule has 30 heavy (non-hydrogen) atoms. The number of aromatic nitrogens is 4. The summed E-state index contributed by atoms with van der Waals surface area (Å²) in [5.41, 5.74) is 0. The van der Waals surface area contributed by atoms with Crippen molar-refractivity contribution in [3.8, 4) is 0 Å². The molecule has 0 N–H and O–H groups in total. The molecule has 10 heteroatoms. The van der Waals surface area contributed by atoms with E-state index in [1.54, 1.807) is 6.20 Å². The van der Waals surface area contributed by atoms with Crippen LogP contribution >= 0.6 is 0 Å². The summed E-state index contributed by atoms with van der Waals surface area (Å²) < 4.78 is 29.3. The molecule has 2 saturated heterocycles. The van der Waals surface area contributed by atoms with Gasteiger partial charge in [0.2, 0.25) is 0 Å². The van der Waals surface area contributed by atoms with E-state index in [0.29, 0.717) is 32.7 Å². The van der Waals surface area contributed by atoms with Crippen LogP contribution < -0.4 is 9.80 Å². The molecule has 2 aromatic heterocycles. The molecule has 0 spiro atoms. The molecule has 0 amide bonds. The van der Waals surface area contributed by atoms with Gasteiger partial charge in [-0.2, -0.15) is 4.31 Å². The molecule has 2 aromatic rings. The predicted molar refractivity (Wildman–Crippen MR) is 116 cm³/mol. The number of aryl methyl sites for hydroxylation is 2. The second-order valence-electron chi connectivity index (χ2n) is 7.95. The Morgan fingerprint density at radius 3 is 1.93 bits per heavy atom. The summed E-state index contributed by atoms with van der Waals surface area (Å²) in [6.07, 6.45) is 6.61. The molecule has 0 aliphatic carbocycles. The van der Waals surface area contributed by atoms with Crippen molar-refractivity contribution in [3.63, 3.8) is 0 Å². The molecule has 0 aromatic carbocycles. The Morgan fingerprint density at radius 2 is 1.43 bits per heavy atom. The summed E-state index contributed by atoms with van der Waals surface area (Å²) in [4.78, 5) is 8.67. The number of nitrogens with zero attached hydrogens (tertiary/aromatic N) is 7. The smallest absolute Gasteiger partial charge is 0.262 e. The molecule has 0 bridgehead atoms. The van der Waals surface area contributed by atoms with Gasteiger partial charge < -0.3 is 14.4 Å². The van der Waals surface area contributed by atoms with E-state index in [9.17, 15) is 8.42 Å². The second kappa shape index (κ2) is 8.89. The molecule has 0 atom stereocenters. The first-order valence-corrected chi connectivity index (χ1v) is 12.3. The lowest BCUT2D eigenvalue weighted by molar-refractivity contribution is 0.382. The third-order valence-corrected chi connectivity index (χ3v) is 7.80. The van der Waals surface area contributed by atoms with E-state index in [2.05, 4.69) is 25.0 Å². The van der Waals surface area contributed by atoms with Gasteiger partial charge >= 0.3 is 0 Å². The van der Waals surface area contributed by atoms with Crippen molar-refractivity contribution < 1.29 is 8.42 Å². The number of sulfonamides is 1. The highest BCUT2D eigenvalue weighted by molar-refractivity contribution is 7.89. The molecular weight excluding hydrogens is 402 g/mol. The summed E-state index contributed by atoms with van der Waals surface area (Å²) >= 11 is 0. The lowest BCUT2D eigenvalue weighted by Gasteiger charge is -2.34. The van der Waals surface area contributed by atoms with Gasteiger partial charge in [0.15, 0.2) is 16.7 Å². The third-order valence-electron chi connectivity index (χ3n) is 6.03. The minimum atomic E-state index is -3.57. The Kier molecular flexibility index (Phi) is 6.24. The first-order chi connectivity index (χ1) is 14.5. The SMILES string of the molecule is CCn1cc(S(=O)(=O)N2CCN(c3ccc(N4CCCCCC4)nn3)CC2)nc1C. The van der Waals surface area contributed by atoms with E-state index >= 15 is 0 Å². The van der Waals surface area contributed by atoms with Gasteiger partial charge in [0.25, 0.3) is 10.0 Å². The predicted octanol–water partition coefficient (Wildman–Crippen LogP) is 1.89. The van der Waals surface area contributed by atoms with Crippen molar-refractivity contribution in [3.05, 3.63) is 24.2 Å². The molecule has 0 saturated carbocycles. The zero-order valence-electron chi connectivity index (χ0n) is 17.9. The monoisotopic (exact) mass is 433 g/mol. The van der Waals surface area contributed by atoms with Gasteiger partial charge in [-0.15, -0.1) is 10.2 Å². The fourth-order valence-corrected chi connectivity index (χ4v) is 5.59. The van der Waals surface area contributed by atoms with Gasteiger partial charge in [0, 0.05) is 52.0 Å². The number of piperazine rings is 1. The van der Waals surface area contributed by atoms with Crippen molar-refractivity contribution in [1.29, 1.82) is 0 Å². The zero-order chi connectivity index (χ0) is 21.1. The summed E-state index contributed by atoms with van der Waals surface area (Å²) in [5, 5.41) is 9.01. The molecule has 164 valence electrons. The molecule has 2 aliphatic rings. The number of hydrogen-bond donors (Lipinski definition) is 0.